The molecule has 0 aromatic heterocycles. The summed E-state index contributed by atoms with van der Waals surface area (Å²) in [5.41, 5.74) is 0. The molecule has 0 heterocycles. The number of rotatable bonds is 10. The molecule has 3 saturated carbocycles. The van der Waals surface area contributed by atoms with Crippen LogP contribution in [0.15, 0.2) is 37.3 Å². The SMILES string of the molecule is C=CC(=C)OCC1CC2C3CC(COC(=C)CCN(C)C(C)=O)C(C3)C2C1. The highest BCUT2D eigenvalue weighted by molar-refractivity contribution is 5.72. The Morgan fingerprint density at radius 3 is 2.52 bits per heavy atom. The van der Waals surface area contributed by atoms with Crippen molar-refractivity contribution in [2.24, 2.45) is 35.5 Å². The average Bonchev–Trinajstić information content (AvgIpc) is 3.33. The molecule has 6 unspecified atom stereocenters. The first-order valence-corrected chi connectivity index (χ1v) is 10.4. The van der Waals surface area contributed by atoms with E-state index in [1.807, 2.05) is 7.05 Å². The summed E-state index contributed by atoms with van der Waals surface area (Å²) in [7, 11) is 1.82. The average molecular weight is 374 g/mol. The molecule has 6 atom stereocenters. The first-order chi connectivity index (χ1) is 12.9. The monoisotopic (exact) mass is 373 g/mol. The second-order valence-corrected chi connectivity index (χ2v) is 8.84. The van der Waals surface area contributed by atoms with Crippen LogP contribution in [0.25, 0.3) is 0 Å². The van der Waals surface area contributed by atoms with Crippen molar-refractivity contribution in [3.63, 3.8) is 0 Å². The van der Waals surface area contributed by atoms with Crippen LogP contribution in [0.2, 0.25) is 0 Å². The maximum Gasteiger partial charge on any atom is 0.219 e. The third-order valence-corrected chi connectivity index (χ3v) is 7.20. The molecule has 3 fully saturated rings. The molecule has 2 bridgehead atoms. The molecule has 3 aliphatic rings. The fraction of sp³-hybridized carbons (Fsp3) is 0.696. The predicted octanol–water partition coefficient (Wildman–Crippen LogP) is 4.40. The normalized spacial score (nSPS) is 33.4. The lowest BCUT2D eigenvalue weighted by molar-refractivity contribution is -0.127. The number of hydrogen-bond donors (Lipinski definition) is 0. The number of amides is 1. The van der Waals surface area contributed by atoms with Crippen LogP contribution in [0.5, 0.6) is 0 Å². The number of fused-ring (bicyclic) bond motifs is 5. The molecule has 0 aliphatic heterocycles. The molecule has 0 aromatic carbocycles. The smallest absolute Gasteiger partial charge is 0.219 e. The number of hydrogen-bond acceptors (Lipinski definition) is 3. The van der Waals surface area contributed by atoms with Gasteiger partial charge < -0.3 is 14.4 Å². The van der Waals surface area contributed by atoms with Gasteiger partial charge in [-0.1, -0.05) is 19.7 Å². The van der Waals surface area contributed by atoms with E-state index in [9.17, 15) is 4.79 Å². The lowest BCUT2D eigenvalue weighted by atomic mass is 9.76. The quantitative estimate of drug-likeness (QED) is 0.421. The molecule has 4 nitrogen and oxygen atoms in total. The van der Waals surface area contributed by atoms with Crippen LogP contribution in [-0.2, 0) is 14.3 Å². The van der Waals surface area contributed by atoms with Crippen LogP contribution >= 0.6 is 0 Å². The molecule has 0 saturated heterocycles. The zero-order chi connectivity index (χ0) is 19.6. The Bertz CT molecular complexity index is 598. The van der Waals surface area contributed by atoms with Crippen molar-refractivity contribution in [1.82, 2.24) is 4.90 Å². The van der Waals surface area contributed by atoms with E-state index in [-0.39, 0.29) is 5.91 Å². The van der Waals surface area contributed by atoms with E-state index >= 15 is 0 Å². The summed E-state index contributed by atoms with van der Waals surface area (Å²) in [5.74, 6) is 6.33. The first-order valence-electron chi connectivity index (χ1n) is 10.4. The lowest BCUT2D eigenvalue weighted by Crippen LogP contribution is -2.28. The highest BCUT2D eigenvalue weighted by atomic mass is 16.5. The second kappa shape index (κ2) is 8.53. The van der Waals surface area contributed by atoms with Gasteiger partial charge in [-0.25, -0.2) is 0 Å². The van der Waals surface area contributed by atoms with Gasteiger partial charge in [0.05, 0.1) is 19.0 Å². The van der Waals surface area contributed by atoms with E-state index in [1.165, 1.54) is 25.7 Å². The maximum atomic E-state index is 11.3. The van der Waals surface area contributed by atoms with Gasteiger partial charge in [-0.15, -0.1) is 0 Å². The Hall–Kier alpha value is -1.71. The minimum atomic E-state index is 0.0818. The van der Waals surface area contributed by atoms with Crippen molar-refractivity contribution >= 4 is 5.91 Å². The molecule has 0 radical (unpaired) electrons. The molecular formula is C23H35NO3. The standard InChI is InChI=1S/C23H35NO3/c1-6-15(2)26-13-18-9-21-19-11-20(22(12-19)23(21)10-18)14-27-16(3)7-8-24(5)17(4)25/h6,18-23H,1-3,7-14H2,4-5H3. The molecule has 4 heteroatoms. The van der Waals surface area contributed by atoms with Crippen LogP contribution < -0.4 is 0 Å². The highest BCUT2D eigenvalue weighted by Crippen LogP contribution is 2.62. The fourth-order valence-corrected chi connectivity index (χ4v) is 5.68. The van der Waals surface area contributed by atoms with Gasteiger partial charge in [-0.3, -0.25) is 4.79 Å². The molecule has 150 valence electrons. The largest absolute Gasteiger partial charge is 0.498 e. The minimum Gasteiger partial charge on any atom is -0.498 e. The fourth-order valence-electron chi connectivity index (χ4n) is 5.68. The first kappa shape index (κ1) is 20.0. The maximum absolute atomic E-state index is 11.3. The second-order valence-electron chi connectivity index (χ2n) is 8.84. The zero-order valence-corrected chi connectivity index (χ0v) is 17.0. The van der Waals surface area contributed by atoms with Crippen LogP contribution in [0.1, 0.15) is 39.0 Å². The van der Waals surface area contributed by atoms with E-state index in [0.29, 0.717) is 24.1 Å². The van der Waals surface area contributed by atoms with E-state index < -0.39 is 0 Å². The summed E-state index contributed by atoms with van der Waals surface area (Å²) in [6, 6.07) is 0. The summed E-state index contributed by atoms with van der Waals surface area (Å²) in [6.07, 6.45) is 7.70. The topological polar surface area (TPSA) is 38.8 Å². The Morgan fingerprint density at radius 2 is 1.81 bits per heavy atom. The van der Waals surface area contributed by atoms with Crippen LogP contribution in [0.4, 0.5) is 0 Å². The Morgan fingerprint density at radius 1 is 1.07 bits per heavy atom. The molecular weight excluding hydrogens is 338 g/mol. The Labute approximate surface area is 164 Å². The van der Waals surface area contributed by atoms with Gasteiger partial charge in [-0.2, -0.15) is 0 Å². The van der Waals surface area contributed by atoms with Gasteiger partial charge in [0.15, 0.2) is 0 Å². The number of carbonyl (C=O) groups excluding carboxylic acids is 1. The van der Waals surface area contributed by atoms with Gasteiger partial charge >= 0.3 is 0 Å². The summed E-state index contributed by atoms with van der Waals surface area (Å²) < 4.78 is 11.7. The summed E-state index contributed by atoms with van der Waals surface area (Å²) in [6.45, 7) is 15.4. The van der Waals surface area contributed by atoms with Gasteiger partial charge in [0.2, 0.25) is 5.91 Å². The minimum absolute atomic E-state index is 0.0818. The molecule has 3 rings (SSSR count). The molecule has 3 aliphatic carbocycles. The summed E-state index contributed by atoms with van der Waals surface area (Å²) >= 11 is 0. The summed E-state index contributed by atoms with van der Waals surface area (Å²) in [4.78, 5) is 13.0. The van der Waals surface area contributed by atoms with Crippen molar-refractivity contribution in [2.75, 3.05) is 26.8 Å². The molecule has 27 heavy (non-hydrogen) atoms. The zero-order valence-electron chi connectivity index (χ0n) is 17.0. The summed E-state index contributed by atoms with van der Waals surface area (Å²) in [5, 5.41) is 0. The van der Waals surface area contributed by atoms with Crippen LogP contribution in [0.3, 0.4) is 0 Å². The van der Waals surface area contributed by atoms with Crippen molar-refractivity contribution in [3.8, 4) is 0 Å². The van der Waals surface area contributed by atoms with Crippen molar-refractivity contribution in [3.05, 3.63) is 37.3 Å². The number of allylic oxidation sites excluding steroid dienone is 1. The van der Waals surface area contributed by atoms with E-state index in [1.54, 1.807) is 17.9 Å². The van der Waals surface area contributed by atoms with Gasteiger partial charge in [-0.05, 0) is 67.3 Å². The molecule has 0 aromatic rings. The third-order valence-electron chi connectivity index (χ3n) is 7.20. The third kappa shape index (κ3) is 4.59. The molecule has 1 amide bonds. The van der Waals surface area contributed by atoms with E-state index in [0.717, 1.165) is 49.1 Å². The van der Waals surface area contributed by atoms with Crippen molar-refractivity contribution < 1.29 is 14.3 Å². The van der Waals surface area contributed by atoms with Gasteiger partial charge in [0.25, 0.3) is 0 Å². The molecule has 0 N–H and O–H groups in total. The highest BCUT2D eigenvalue weighted by Gasteiger charge is 2.55. The Kier molecular flexibility index (Phi) is 6.33. The number of carbonyl (C=O) groups is 1. The van der Waals surface area contributed by atoms with Crippen molar-refractivity contribution in [1.29, 1.82) is 0 Å². The predicted molar refractivity (Wildman–Crippen MR) is 108 cm³/mol. The number of nitrogens with zero attached hydrogens (tertiary/aromatic N) is 1. The van der Waals surface area contributed by atoms with Crippen molar-refractivity contribution in [2.45, 2.75) is 39.0 Å². The van der Waals surface area contributed by atoms with Gasteiger partial charge in [0.1, 0.15) is 5.76 Å². The molecule has 0 spiro atoms. The van der Waals surface area contributed by atoms with Gasteiger partial charge in [0, 0.05) is 26.9 Å². The number of ether oxygens (including phenoxy) is 2. The van der Waals surface area contributed by atoms with Crippen LogP contribution in [0, 0.1) is 35.5 Å². The van der Waals surface area contributed by atoms with E-state index in [2.05, 4.69) is 19.7 Å². The van der Waals surface area contributed by atoms with E-state index in [4.69, 9.17) is 9.47 Å². The Balaban J connectivity index is 1.41. The lowest BCUT2D eigenvalue weighted by Gasteiger charge is -2.31. The van der Waals surface area contributed by atoms with Crippen LogP contribution in [-0.4, -0.2) is 37.6 Å².